The van der Waals surface area contributed by atoms with E-state index in [4.69, 9.17) is 5.73 Å². The van der Waals surface area contributed by atoms with Crippen LogP contribution in [0, 0.1) is 29.6 Å². The molecule has 0 aromatic carbocycles. The molecule has 0 radical (unpaired) electrons. The molecule has 6 heteroatoms. The molecule has 1 atom stereocenters. The maximum absolute atomic E-state index is 12.2. The van der Waals surface area contributed by atoms with Crippen LogP contribution in [-0.4, -0.2) is 49.1 Å². The van der Waals surface area contributed by atoms with E-state index in [1.165, 1.54) is 32.1 Å². The highest BCUT2D eigenvalue weighted by molar-refractivity contribution is 5.78. The minimum Gasteiger partial charge on any atom is -0.345 e. The van der Waals surface area contributed by atoms with Gasteiger partial charge in [-0.3, -0.25) is 4.79 Å². The highest BCUT2D eigenvalue weighted by atomic mass is 16.2. The van der Waals surface area contributed by atoms with Gasteiger partial charge in [0, 0.05) is 44.6 Å². The van der Waals surface area contributed by atoms with Crippen molar-refractivity contribution in [3.63, 3.8) is 0 Å². The van der Waals surface area contributed by atoms with Crippen LogP contribution >= 0.6 is 0 Å². The van der Waals surface area contributed by atoms with E-state index in [9.17, 15) is 9.59 Å². The van der Waals surface area contributed by atoms with Crippen molar-refractivity contribution in [1.29, 1.82) is 0 Å². The molecule has 0 aromatic heterocycles. The lowest BCUT2D eigenvalue weighted by molar-refractivity contribution is -0.126. The first-order chi connectivity index (χ1) is 11.4. The average molecular weight is 334 g/mol. The van der Waals surface area contributed by atoms with Crippen molar-refractivity contribution >= 4 is 11.9 Å². The molecular weight excluding hydrogens is 304 g/mol. The second kappa shape index (κ2) is 5.90. The van der Waals surface area contributed by atoms with Gasteiger partial charge in [0.05, 0.1) is 0 Å². The normalized spacial score (nSPS) is 43.3. The van der Waals surface area contributed by atoms with Gasteiger partial charge in [-0.15, -0.1) is 0 Å². The van der Waals surface area contributed by atoms with E-state index >= 15 is 0 Å². The number of urea groups is 1. The van der Waals surface area contributed by atoms with Gasteiger partial charge >= 0.3 is 6.03 Å². The summed E-state index contributed by atoms with van der Waals surface area (Å²) in [5.74, 6) is 3.31. The van der Waals surface area contributed by atoms with Crippen LogP contribution in [0.2, 0.25) is 0 Å². The van der Waals surface area contributed by atoms with Crippen molar-refractivity contribution in [2.75, 3.05) is 26.7 Å². The van der Waals surface area contributed by atoms with E-state index in [0.29, 0.717) is 31.3 Å². The Balaban J connectivity index is 1.26. The molecule has 24 heavy (non-hydrogen) atoms. The number of likely N-dealkylation sites (tertiary alicyclic amines) is 1. The van der Waals surface area contributed by atoms with Crippen molar-refractivity contribution in [3.8, 4) is 0 Å². The molecule has 1 saturated heterocycles. The first-order valence-corrected chi connectivity index (χ1v) is 9.48. The molecule has 0 spiro atoms. The van der Waals surface area contributed by atoms with E-state index in [1.54, 1.807) is 4.90 Å². The van der Waals surface area contributed by atoms with Crippen LogP contribution in [-0.2, 0) is 4.79 Å². The molecular formula is C18H30N4O2. The summed E-state index contributed by atoms with van der Waals surface area (Å²) in [5.41, 5.74) is 6.59. The molecule has 6 nitrogen and oxygen atoms in total. The Bertz CT molecular complexity index is 507. The number of hydrogen-bond donors (Lipinski definition) is 3. The molecule has 0 aromatic rings. The molecule has 1 unspecified atom stereocenters. The van der Waals surface area contributed by atoms with Crippen LogP contribution in [0.4, 0.5) is 4.79 Å². The van der Waals surface area contributed by atoms with Crippen LogP contribution in [0.15, 0.2) is 0 Å². The average Bonchev–Trinajstić information content (AvgIpc) is 2.86. The second-order valence-electron chi connectivity index (χ2n) is 8.82. The van der Waals surface area contributed by atoms with Crippen molar-refractivity contribution in [2.45, 2.75) is 44.1 Å². The summed E-state index contributed by atoms with van der Waals surface area (Å²) in [6.45, 7) is 1.86. The molecule has 4 aliphatic carbocycles. The molecule has 5 rings (SSSR count). The lowest BCUT2D eigenvalue weighted by Gasteiger charge is -2.59. The second-order valence-corrected chi connectivity index (χ2v) is 8.82. The molecule has 1 aliphatic heterocycles. The minimum absolute atomic E-state index is 0.143. The Labute approximate surface area is 143 Å². The monoisotopic (exact) mass is 334 g/mol. The Hall–Kier alpha value is -1.30. The Morgan fingerprint density at radius 3 is 2.33 bits per heavy atom. The lowest BCUT2D eigenvalue weighted by Crippen LogP contribution is -2.67. The van der Waals surface area contributed by atoms with Gasteiger partial charge in [-0.1, -0.05) is 0 Å². The maximum atomic E-state index is 12.2. The highest BCUT2D eigenvalue weighted by Crippen LogP contribution is 2.57. The van der Waals surface area contributed by atoms with Crippen molar-refractivity contribution in [3.05, 3.63) is 0 Å². The largest absolute Gasteiger partial charge is 0.345 e. The summed E-state index contributed by atoms with van der Waals surface area (Å²) in [6.07, 6.45) is 6.95. The highest BCUT2D eigenvalue weighted by Gasteiger charge is 2.55. The van der Waals surface area contributed by atoms with Gasteiger partial charge < -0.3 is 21.3 Å². The Morgan fingerprint density at radius 1 is 1.17 bits per heavy atom. The number of nitrogens with one attached hydrogen (secondary N) is 2. The van der Waals surface area contributed by atoms with E-state index in [-0.39, 0.29) is 23.4 Å². The van der Waals surface area contributed by atoms with E-state index in [1.807, 2.05) is 7.05 Å². The summed E-state index contributed by atoms with van der Waals surface area (Å²) in [6, 6.07) is -0.143. The van der Waals surface area contributed by atoms with E-state index < -0.39 is 0 Å². The fraction of sp³-hybridized carbons (Fsp3) is 0.889. The first-order valence-electron chi connectivity index (χ1n) is 9.48. The number of rotatable bonds is 4. The summed E-state index contributed by atoms with van der Waals surface area (Å²) in [7, 11) is 1.81. The van der Waals surface area contributed by atoms with Crippen LogP contribution < -0.4 is 16.4 Å². The van der Waals surface area contributed by atoms with E-state index in [2.05, 4.69) is 10.6 Å². The molecule has 5 fully saturated rings. The zero-order valence-electron chi connectivity index (χ0n) is 14.6. The van der Waals surface area contributed by atoms with Gasteiger partial charge in [0.25, 0.3) is 0 Å². The van der Waals surface area contributed by atoms with Gasteiger partial charge in [0.15, 0.2) is 0 Å². The molecule has 4 bridgehead atoms. The quantitative estimate of drug-likeness (QED) is 0.714. The fourth-order valence-electron chi connectivity index (χ4n) is 5.98. The smallest absolute Gasteiger partial charge is 0.314 e. The summed E-state index contributed by atoms with van der Waals surface area (Å²) in [5, 5.41) is 5.95. The number of carbonyl (C=O) groups is 2. The predicted molar refractivity (Wildman–Crippen MR) is 91.1 cm³/mol. The summed E-state index contributed by atoms with van der Waals surface area (Å²) >= 11 is 0. The van der Waals surface area contributed by atoms with Gasteiger partial charge in [-0.05, 0) is 55.8 Å². The third kappa shape index (κ3) is 2.79. The van der Waals surface area contributed by atoms with Crippen LogP contribution in [0.5, 0.6) is 0 Å². The van der Waals surface area contributed by atoms with Gasteiger partial charge in [-0.2, -0.15) is 0 Å². The first kappa shape index (κ1) is 16.2. The van der Waals surface area contributed by atoms with Crippen molar-refractivity contribution in [1.82, 2.24) is 15.5 Å². The van der Waals surface area contributed by atoms with E-state index in [0.717, 1.165) is 18.4 Å². The molecule has 1 heterocycles. The minimum atomic E-state index is -0.214. The number of amides is 3. The molecule has 3 amide bonds. The SMILES string of the molecule is CN1CC(CNC(=O)NCC2(N)C3CC4CC(C3)CC2C4)CC1=O. The standard InChI is InChI=1S/C18H30N4O2/c1-22-9-13(7-16(22)23)8-20-17(24)21-10-18(19)14-3-11-2-12(5-14)6-15(18)4-11/h11-15H,2-10,19H2,1H3,(H2,20,21,24). The predicted octanol–water partition coefficient (Wildman–Crippen LogP) is 0.918. The number of nitrogens with two attached hydrogens (primary N) is 1. The Morgan fingerprint density at radius 2 is 1.79 bits per heavy atom. The van der Waals surface area contributed by atoms with Crippen LogP contribution in [0.25, 0.3) is 0 Å². The van der Waals surface area contributed by atoms with Gasteiger partial charge in [0.2, 0.25) is 5.91 Å². The topological polar surface area (TPSA) is 87.5 Å². The van der Waals surface area contributed by atoms with Crippen LogP contribution in [0.3, 0.4) is 0 Å². The fourth-order valence-corrected chi connectivity index (χ4v) is 5.98. The van der Waals surface area contributed by atoms with Crippen LogP contribution in [0.1, 0.15) is 38.5 Å². The third-order valence-corrected chi connectivity index (χ3v) is 7.19. The van der Waals surface area contributed by atoms with Crippen molar-refractivity contribution < 1.29 is 9.59 Å². The molecule has 134 valence electrons. The lowest BCUT2D eigenvalue weighted by atomic mass is 9.49. The summed E-state index contributed by atoms with van der Waals surface area (Å²) in [4.78, 5) is 25.4. The van der Waals surface area contributed by atoms with Gasteiger partial charge in [-0.25, -0.2) is 4.79 Å². The molecule has 5 aliphatic rings. The van der Waals surface area contributed by atoms with Crippen molar-refractivity contribution in [2.24, 2.45) is 35.3 Å². The van der Waals surface area contributed by atoms with Gasteiger partial charge in [0.1, 0.15) is 0 Å². The molecule has 4 N–H and O–H groups in total. The zero-order chi connectivity index (χ0) is 16.9. The summed E-state index contributed by atoms with van der Waals surface area (Å²) < 4.78 is 0. The zero-order valence-corrected chi connectivity index (χ0v) is 14.6. The molecule has 4 saturated carbocycles. The Kier molecular flexibility index (Phi) is 3.98. The number of nitrogens with zero attached hydrogens (tertiary/aromatic N) is 1. The third-order valence-electron chi connectivity index (χ3n) is 7.19. The maximum Gasteiger partial charge on any atom is 0.314 e. The number of hydrogen-bond acceptors (Lipinski definition) is 3. The number of carbonyl (C=O) groups excluding carboxylic acids is 2.